The van der Waals surface area contributed by atoms with E-state index in [1.165, 1.54) is 30.2 Å². The van der Waals surface area contributed by atoms with Gasteiger partial charge in [-0.2, -0.15) is 13.2 Å². The molecule has 0 aromatic heterocycles. The maximum atomic E-state index is 13.1. The van der Waals surface area contributed by atoms with Gasteiger partial charge in [-0.1, -0.05) is 29.8 Å². The lowest BCUT2D eigenvalue weighted by Crippen LogP contribution is -2.40. The third-order valence-corrected chi connectivity index (χ3v) is 3.99. The lowest BCUT2D eigenvalue weighted by Gasteiger charge is -2.22. The quantitative estimate of drug-likeness (QED) is 0.778. The van der Waals surface area contributed by atoms with E-state index in [0.29, 0.717) is 5.56 Å². The van der Waals surface area contributed by atoms with Crippen LogP contribution in [0.2, 0.25) is 0 Å². The van der Waals surface area contributed by atoms with E-state index in [0.717, 1.165) is 11.6 Å². The summed E-state index contributed by atoms with van der Waals surface area (Å²) in [6.45, 7) is 1.78. The predicted molar refractivity (Wildman–Crippen MR) is 99.0 cm³/mol. The number of nitrogens with zero attached hydrogens (tertiary/aromatic N) is 1. The fourth-order valence-electron chi connectivity index (χ4n) is 2.53. The minimum Gasteiger partial charge on any atom is -0.383 e. The van der Waals surface area contributed by atoms with Gasteiger partial charge in [0.05, 0.1) is 17.9 Å². The van der Waals surface area contributed by atoms with E-state index in [1.807, 2.05) is 6.92 Å². The van der Waals surface area contributed by atoms with Crippen LogP contribution in [0.25, 0.3) is 0 Å². The molecule has 0 aliphatic rings. The molecule has 0 aliphatic heterocycles. The SMILES string of the molecule is COCCN(CC(=O)Nc1ccccc1C(F)(F)F)C(=O)c1ccc(C)cc1. The molecule has 28 heavy (non-hydrogen) atoms. The molecule has 5 nitrogen and oxygen atoms in total. The highest BCUT2D eigenvalue weighted by Gasteiger charge is 2.33. The zero-order valence-corrected chi connectivity index (χ0v) is 15.5. The number of methoxy groups -OCH3 is 1. The lowest BCUT2D eigenvalue weighted by molar-refractivity contribution is -0.137. The maximum absolute atomic E-state index is 13.1. The molecule has 2 rings (SSSR count). The average Bonchev–Trinajstić information content (AvgIpc) is 2.64. The number of benzene rings is 2. The molecule has 2 aromatic carbocycles. The largest absolute Gasteiger partial charge is 0.418 e. The van der Waals surface area contributed by atoms with Crippen molar-refractivity contribution in [2.75, 3.05) is 32.1 Å². The first-order chi connectivity index (χ1) is 13.2. The van der Waals surface area contributed by atoms with Crippen molar-refractivity contribution in [3.8, 4) is 0 Å². The topological polar surface area (TPSA) is 58.6 Å². The molecule has 8 heteroatoms. The molecule has 0 bridgehead atoms. The zero-order chi connectivity index (χ0) is 20.7. The molecule has 0 unspecified atom stereocenters. The van der Waals surface area contributed by atoms with E-state index in [2.05, 4.69) is 5.32 Å². The number of ether oxygens (including phenoxy) is 1. The van der Waals surface area contributed by atoms with Crippen molar-refractivity contribution in [1.29, 1.82) is 0 Å². The number of hydrogen-bond acceptors (Lipinski definition) is 3. The highest BCUT2D eigenvalue weighted by Crippen LogP contribution is 2.34. The third-order valence-electron chi connectivity index (χ3n) is 3.99. The summed E-state index contributed by atoms with van der Waals surface area (Å²) in [5, 5.41) is 2.25. The van der Waals surface area contributed by atoms with Crippen molar-refractivity contribution in [2.45, 2.75) is 13.1 Å². The van der Waals surface area contributed by atoms with Gasteiger partial charge in [0.15, 0.2) is 0 Å². The van der Waals surface area contributed by atoms with Crippen LogP contribution in [0.3, 0.4) is 0 Å². The van der Waals surface area contributed by atoms with Gasteiger partial charge in [-0.05, 0) is 31.2 Å². The lowest BCUT2D eigenvalue weighted by atomic mass is 10.1. The number of halogens is 3. The van der Waals surface area contributed by atoms with Crippen LogP contribution in [0, 0.1) is 6.92 Å². The smallest absolute Gasteiger partial charge is 0.383 e. The summed E-state index contributed by atoms with van der Waals surface area (Å²) in [7, 11) is 1.45. The summed E-state index contributed by atoms with van der Waals surface area (Å²) in [6, 6.07) is 11.5. The number of hydrogen-bond donors (Lipinski definition) is 1. The molecule has 0 saturated carbocycles. The molecule has 0 radical (unpaired) electrons. The number of carbonyl (C=O) groups is 2. The van der Waals surface area contributed by atoms with Crippen molar-refractivity contribution in [2.24, 2.45) is 0 Å². The first-order valence-electron chi connectivity index (χ1n) is 8.53. The monoisotopic (exact) mass is 394 g/mol. The van der Waals surface area contributed by atoms with Gasteiger partial charge in [0.25, 0.3) is 5.91 Å². The number of anilines is 1. The van der Waals surface area contributed by atoms with Crippen molar-refractivity contribution in [3.05, 3.63) is 65.2 Å². The van der Waals surface area contributed by atoms with Crippen LogP contribution in [0.1, 0.15) is 21.5 Å². The summed E-state index contributed by atoms with van der Waals surface area (Å²) < 4.78 is 44.2. The summed E-state index contributed by atoms with van der Waals surface area (Å²) in [6.07, 6.45) is -4.60. The molecule has 150 valence electrons. The van der Waals surface area contributed by atoms with E-state index in [9.17, 15) is 22.8 Å². The molecule has 2 amide bonds. The Bertz CT molecular complexity index is 820. The first-order valence-corrected chi connectivity index (χ1v) is 8.53. The maximum Gasteiger partial charge on any atom is 0.418 e. The Morgan fingerprint density at radius 2 is 1.71 bits per heavy atom. The van der Waals surface area contributed by atoms with Crippen LogP contribution >= 0.6 is 0 Å². The molecule has 0 atom stereocenters. The van der Waals surface area contributed by atoms with Gasteiger partial charge in [0.2, 0.25) is 5.91 Å². The number of alkyl halides is 3. The predicted octanol–water partition coefficient (Wildman–Crippen LogP) is 3.74. The first kappa shape index (κ1) is 21.4. The number of carbonyl (C=O) groups excluding carboxylic acids is 2. The highest BCUT2D eigenvalue weighted by atomic mass is 19.4. The molecule has 0 saturated heterocycles. The van der Waals surface area contributed by atoms with Crippen molar-refractivity contribution in [1.82, 2.24) is 4.90 Å². The Balaban J connectivity index is 2.15. The second kappa shape index (κ2) is 9.36. The Morgan fingerprint density at radius 3 is 2.32 bits per heavy atom. The summed E-state index contributed by atoms with van der Waals surface area (Å²) in [4.78, 5) is 26.3. The van der Waals surface area contributed by atoms with Crippen LogP contribution < -0.4 is 5.32 Å². The molecular formula is C20H21F3N2O3. The van der Waals surface area contributed by atoms with Gasteiger partial charge in [-0.25, -0.2) is 0 Å². The average molecular weight is 394 g/mol. The molecule has 0 spiro atoms. The Morgan fingerprint density at radius 1 is 1.07 bits per heavy atom. The summed E-state index contributed by atoms with van der Waals surface area (Å²) in [5.74, 6) is -1.13. The fraction of sp³-hybridized carbons (Fsp3) is 0.300. The van der Waals surface area contributed by atoms with Crippen LogP contribution in [0.5, 0.6) is 0 Å². The van der Waals surface area contributed by atoms with Crippen LogP contribution in [0.4, 0.5) is 18.9 Å². The van der Waals surface area contributed by atoms with Crippen LogP contribution in [-0.2, 0) is 15.7 Å². The fourth-order valence-corrected chi connectivity index (χ4v) is 2.53. The molecule has 0 heterocycles. The van der Waals surface area contributed by atoms with Crippen molar-refractivity contribution in [3.63, 3.8) is 0 Å². The van der Waals surface area contributed by atoms with Crippen molar-refractivity contribution >= 4 is 17.5 Å². The van der Waals surface area contributed by atoms with E-state index >= 15 is 0 Å². The van der Waals surface area contributed by atoms with Gasteiger partial charge in [-0.15, -0.1) is 0 Å². The minimum atomic E-state index is -4.60. The molecule has 0 fully saturated rings. The van der Waals surface area contributed by atoms with Crippen LogP contribution in [-0.4, -0.2) is 43.5 Å². The zero-order valence-electron chi connectivity index (χ0n) is 15.5. The second-order valence-corrected chi connectivity index (χ2v) is 6.18. The van der Waals surface area contributed by atoms with E-state index < -0.39 is 30.1 Å². The number of nitrogens with one attached hydrogen (secondary N) is 1. The van der Waals surface area contributed by atoms with E-state index in [1.54, 1.807) is 24.3 Å². The Kier molecular flexibility index (Phi) is 7.17. The van der Waals surface area contributed by atoms with Gasteiger partial charge in [0, 0.05) is 19.2 Å². The molecule has 0 aliphatic carbocycles. The molecule has 2 aromatic rings. The standard InChI is InChI=1S/C20H21F3N2O3/c1-14-7-9-15(10-8-14)19(27)25(11-12-28-2)13-18(26)24-17-6-4-3-5-16(17)20(21,22)23/h3-10H,11-13H2,1-2H3,(H,24,26). The highest BCUT2D eigenvalue weighted by molar-refractivity contribution is 5.99. The number of aryl methyl sites for hydroxylation is 1. The number of amides is 2. The van der Waals surface area contributed by atoms with Gasteiger partial charge >= 0.3 is 6.18 Å². The van der Waals surface area contributed by atoms with Gasteiger partial charge < -0.3 is 15.0 Å². The Labute approximate surface area is 161 Å². The number of para-hydroxylation sites is 1. The summed E-state index contributed by atoms with van der Waals surface area (Å²) in [5.41, 5.74) is 0.0535. The van der Waals surface area contributed by atoms with E-state index in [-0.39, 0.29) is 18.8 Å². The van der Waals surface area contributed by atoms with Crippen LogP contribution in [0.15, 0.2) is 48.5 Å². The Hall–Kier alpha value is -2.87. The van der Waals surface area contributed by atoms with E-state index in [4.69, 9.17) is 4.74 Å². The molecule has 1 N–H and O–H groups in total. The normalized spacial score (nSPS) is 11.2. The second-order valence-electron chi connectivity index (χ2n) is 6.18. The van der Waals surface area contributed by atoms with Crippen molar-refractivity contribution < 1.29 is 27.5 Å². The third kappa shape index (κ3) is 5.82. The number of rotatable bonds is 7. The van der Waals surface area contributed by atoms with Gasteiger partial charge in [0.1, 0.15) is 6.54 Å². The summed E-state index contributed by atoms with van der Waals surface area (Å²) >= 11 is 0. The minimum absolute atomic E-state index is 0.123. The van der Waals surface area contributed by atoms with Gasteiger partial charge in [-0.3, -0.25) is 9.59 Å². The molecular weight excluding hydrogens is 373 g/mol.